The second kappa shape index (κ2) is 5.94. The Balaban J connectivity index is 1.70. The van der Waals surface area contributed by atoms with Gasteiger partial charge in [0.25, 0.3) is 0 Å². The van der Waals surface area contributed by atoms with E-state index < -0.39 is 11.6 Å². The Morgan fingerprint density at radius 1 is 1.14 bits per heavy atom. The molecule has 3 atom stereocenters. The number of halogens is 2. The summed E-state index contributed by atoms with van der Waals surface area (Å²) in [5.41, 5.74) is 1.93. The Labute approximate surface area is 124 Å². The van der Waals surface area contributed by atoms with Crippen molar-refractivity contribution in [1.82, 2.24) is 5.32 Å². The van der Waals surface area contributed by atoms with Crippen molar-refractivity contribution in [2.75, 3.05) is 7.05 Å². The normalized spacial score (nSPS) is 22.0. The quantitative estimate of drug-likeness (QED) is 0.879. The van der Waals surface area contributed by atoms with Gasteiger partial charge in [0.2, 0.25) is 0 Å². The van der Waals surface area contributed by atoms with Gasteiger partial charge in [-0.05, 0) is 48.9 Å². The molecule has 1 N–H and O–H groups in total. The minimum Gasteiger partial charge on any atom is -0.316 e. The van der Waals surface area contributed by atoms with E-state index in [0.717, 1.165) is 12.5 Å². The number of likely N-dealkylation sites (N-methyl/N-ethyl adjacent to an activating group) is 1. The summed E-state index contributed by atoms with van der Waals surface area (Å²) in [6, 6.07) is 14.5. The average molecular weight is 287 g/mol. The summed E-state index contributed by atoms with van der Waals surface area (Å²) in [6.07, 6.45) is 1.72. The van der Waals surface area contributed by atoms with E-state index in [2.05, 4.69) is 29.6 Å². The topological polar surface area (TPSA) is 12.0 Å². The van der Waals surface area contributed by atoms with Crippen LogP contribution in [0.4, 0.5) is 8.78 Å². The van der Waals surface area contributed by atoms with Gasteiger partial charge in [-0.1, -0.05) is 36.4 Å². The molecule has 3 unspecified atom stereocenters. The molecule has 0 spiro atoms. The number of hydrogen-bond donors (Lipinski definition) is 1. The molecule has 1 aliphatic rings. The molecule has 2 aromatic carbocycles. The molecule has 0 heterocycles. The van der Waals surface area contributed by atoms with Crippen LogP contribution in [0, 0.1) is 17.6 Å². The molecule has 1 aliphatic carbocycles. The van der Waals surface area contributed by atoms with Gasteiger partial charge in [0.15, 0.2) is 0 Å². The summed E-state index contributed by atoms with van der Waals surface area (Å²) in [5.74, 6) is 0.0898. The highest BCUT2D eigenvalue weighted by Crippen LogP contribution is 2.50. The number of hydrogen-bond acceptors (Lipinski definition) is 1. The van der Waals surface area contributed by atoms with Gasteiger partial charge >= 0.3 is 0 Å². The van der Waals surface area contributed by atoms with Crippen LogP contribution >= 0.6 is 0 Å². The molecule has 0 radical (unpaired) electrons. The van der Waals surface area contributed by atoms with E-state index in [4.69, 9.17) is 0 Å². The lowest BCUT2D eigenvalue weighted by molar-refractivity contribution is 0.477. The molecule has 3 rings (SSSR count). The Kier molecular flexibility index (Phi) is 4.02. The molecule has 21 heavy (non-hydrogen) atoms. The zero-order valence-corrected chi connectivity index (χ0v) is 12.0. The van der Waals surface area contributed by atoms with E-state index in [1.165, 1.54) is 11.6 Å². The summed E-state index contributed by atoms with van der Waals surface area (Å²) in [7, 11) is 1.91. The minimum absolute atomic E-state index is 0.218. The first-order chi connectivity index (χ1) is 10.2. The lowest BCUT2D eigenvalue weighted by atomic mass is 9.98. The molecule has 1 saturated carbocycles. The van der Waals surface area contributed by atoms with Gasteiger partial charge in [0.1, 0.15) is 11.6 Å². The molecule has 0 amide bonds. The summed E-state index contributed by atoms with van der Waals surface area (Å²) >= 11 is 0. The zero-order valence-electron chi connectivity index (χ0n) is 12.0. The predicted octanol–water partition coefficient (Wildman–Crippen LogP) is 3.90. The van der Waals surface area contributed by atoms with Gasteiger partial charge in [-0.25, -0.2) is 8.78 Å². The Morgan fingerprint density at radius 2 is 1.90 bits per heavy atom. The molecule has 3 heteroatoms. The average Bonchev–Trinajstić information content (AvgIpc) is 3.28. The Hall–Kier alpha value is -1.74. The third kappa shape index (κ3) is 3.13. The maximum absolute atomic E-state index is 13.8. The first kappa shape index (κ1) is 14.2. The van der Waals surface area contributed by atoms with Gasteiger partial charge < -0.3 is 5.32 Å². The minimum atomic E-state index is -0.522. The fraction of sp³-hybridized carbons (Fsp3) is 0.333. The van der Waals surface area contributed by atoms with E-state index in [1.807, 2.05) is 13.1 Å². The maximum Gasteiger partial charge on any atom is 0.129 e. The largest absolute Gasteiger partial charge is 0.316 e. The highest BCUT2D eigenvalue weighted by atomic mass is 19.1. The third-order valence-corrected chi connectivity index (χ3v) is 4.41. The van der Waals surface area contributed by atoms with Gasteiger partial charge in [-0.15, -0.1) is 0 Å². The molecule has 0 aromatic heterocycles. The predicted molar refractivity (Wildman–Crippen MR) is 80.2 cm³/mol. The van der Waals surface area contributed by atoms with Gasteiger partial charge in [-0.3, -0.25) is 0 Å². The second-order valence-electron chi connectivity index (χ2n) is 5.75. The Bertz CT molecular complexity index is 612. The van der Waals surface area contributed by atoms with Crippen LogP contribution in [0.15, 0.2) is 48.5 Å². The Morgan fingerprint density at radius 3 is 2.57 bits per heavy atom. The fourth-order valence-electron chi connectivity index (χ4n) is 3.13. The maximum atomic E-state index is 13.8. The molecular weight excluding hydrogens is 268 g/mol. The van der Waals surface area contributed by atoms with E-state index >= 15 is 0 Å². The third-order valence-electron chi connectivity index (χ3n) is 4.41. The lowest BCUT2D eigenvalue weighted by Crippen LogP contribution is -2.30. The standard InChI is InChI=1S/C18H19F2N/c1-21-18(9-13-7-8-14(19)10-17(13)20)16-11-15(16)12-5-3-2-4-6-12/h2-8,10,15-16,18,21H,9,11H2,1H3. The molecule has 1 nitrogen and oxygen atoms in total. The summed E-state index contributed by atoms with van der Waals surface area (Å²) in [4.78, 5) is 0. The summed E-state index contributed by atoms with van der Waals surface area (Å²) in [6.45, 7) is 0. The van der Waals surface area contributed by atoms with Crippen LogP contribution < -0.4 is 5.32 Å². The van der Waals surface area contributed by atoms with Crippen LogP contribution in [-0.2, 0) is 6.42 Å². The smallest absolute Gasteiger partial charge is 0.129 e. The van der Waals surface area contributed by atoms with Crippen molar-refractivity contribution in [3.8, 4) is 0 Å². The monoisotopic (exact) mass is 287 g/mol. The van der Waals surface area contributed by atoms with Crippen molar-refractivity contribution in [2.45, 2.75) is 24.8 Å². The van der Waals surface area contributed by atoms with E-state index in [9.17, 15) is 8.78 Å². The first-order valence-corrected chi connectivity index (χ1v) is 7.35. The van der Waals surface area contributed by atoms with E-state index in [0.29, 0.717) is 23.8 Å². The van der Waals surface area contributed by atoms with Crippen molar-refractivity contribution < 1.29 is 8.78 Å². The van der Waals surface area contributed by atoms with Crippen LogP contribution in [-0.4, -0.2) is 13.1 Å². The SMILES string of the molecule is CNC(Cc1ccc(F)cc1F)C1CC1c1ccccc1. The number of nitrogens with one attached hydrogen (secondary N) is 1. The molecule has 0 saturated heterocycles. The van der Waals surface area contributed by atoms with Crippen LogP contribution in [0.1, 0.15) is 23.5 Å². The fourth-order valence-corrected chi connectivity index (χ4v) is 3.13. The number of rotatable bonds is 5. The van der Waals surface area contributed by atoms with E-state index in [-0.39, 0.29) is 6.04 Å². The van der Waals surface area contributed by atoms with Crippen LogP contribution in [0.25, 0.3) is 0 Å². The highest BCUT2D eigenvalue weighted by molar-refractivity contribution is 5.28. The van der Waals surface area contributed by atoms with E-state index in [1.54, 1.807) is 6.07 Å². The van der Waals surface area contributed by atoms with Crippen molar-refractivity contribution in [2.24, 2.45) is 5.92 Å². The summed E-state index contributed by atoms with van der Waals surface area (Å²) < 4.78 is 26.7. The second-order valence-corrected chi connectivity index (χ2v) is 5.75. The molecule has 110 valence electrons. The highest BCUT2D eigenvalue weighted by Gasteiger charge is 2.43. The molecule has 0 bridgehead atoms. The van der Waals surface area contributed by atoms with Crippen LogP contribution in [0.2, 0.25) is 0 Å². The molecule has 0 aliphatic heterocycles. The molecule has 1 fully saturated rings. The van der Waals surface area contributed by atoms with Crippen molar-refractivity contribution >= 4 is 0 Å². The zero-order chi connectivity index (χ0) is 14.8. The molecule has 2 aromatic rings. The van der Waals surface area contributed by atoms with Gasteiger partial charge in [-0.2, -0.15) is 0 Å². The van der Waals surface area contributed by atoms with Crippen LogP contribution in [0.3, 0.4) is 0 Å². The van der Waals surface area contributed by atoms with Crippen molar-refractivity contribution in [3.05, 3.63) is 71.3 Å². The van der Waals surface area contributed by atoms with Crippen molar-refractivity contribution in [1.29, 1.82) is 0 Å². The summed E-state index contributed by atoms with van der Waals surface area (Å²) in [5, 5.41) is 3.29. The first-order valence-electron chi connectivity index (χ1n) is 7.35. The molecular formula is C18H19F2N. The van der Waals surface area contributed by atoms with Gasteiger partial charge in [0, 0.05) is 12.1 Å². The van der Waals surface area contributed by atoms with Gasteiger partial charge in [0.05, 0.1) is 0 Å². The van der Waals surface area contributed by atoms with Crippen LogP contribution in [0.5, 0.6) is 0 Å². The number of benzene rings is 2. The van der Waals surface area contributed by atoms with Crippen molar-refractivity contribution in [3.63, 3.8) is 0 Å². The lowest BCUT2D eigenvalue weighted by Gasteiger charge is -2.17.